The number of hydrogen-bond donors (Lipinski definition) is 1. The van der Waals surface area contributed by atoms with Gasteiger partial charge >= 0.3 is 182 Å². The first-order chi connectivity index (χ1) is 13.9. The summed E-state index contributed by atoms with van der Waals surface area (Å²) in [5.41, 5.74) is 1.67. The van der Waals surface area contributed by atoms with E-state index in [-0.39, 0.29) is 17.5 Å². The molecule has 1 rings (SSSR count). The first kappa shape index (κ1) is 26.1. The molecule has 0 radical (unpaired) electrons. The first-order valence-corrected chi connectivity index (χ1v) is 15.0. The Morgan fingerprint density at radius 3 is 1.97 bits per heavy atom. The third kappa shape index (κ3) is 7.07. The first-order valence-electron chi connectivity index (χ1n) is 11.4. The Hall–Kier alpha value is -0.930. The van der Waals surface area contributed by atoms with Crippen molar-refractivity contribution in [1.82, 2.24) is 0 Å². The molecule has 1 amide bonds. The fraction of sp³-hybridized carbons (Fsp3) is 0.739. The molecule has 1 aromatic rings. The quantitative estimate of drug-likeness (QED) is 0.257. The Labute approximate surface area is 182 Å². The Morgan fingerprint density at radius 2 is 1.55 bits per heavy atom. The van der Waals surface area contributed by atoms with Crippen LogP contribution in [0.15, 0.2) is 5.38 Å². The molecule has 0 aliphatic carbocycles. The van der Waals surface area contributed by atoms with Gasteiger partial charge in [-0.15, -0.1) is 0 Å². The Bertz CT molecular complexity index is 622. The van der Waals surface area contributed by atoms with Crippen molar-refractivity contribution in [2.24, 2.45) is 0 Å². The number of aryl methyl sites for hydroxylation is 1. The molecule has 1 N–H and O–H groups in total. The molecule has 0 aromatic carbocycles. The van der Waals surface area contributed by atoms with Crippen LogP contribution in [0.3, 0.4) is 0 Å². The predicted molar refractivity (Wildman–Crippen MR) is 131 cm³/mol. The van der Waals surface area contributed by atoms with Crippen molar-refractivity contribution in [3.8, 4) is 0 Å². The van der Waals surface area contributed by atoms with Gasteiger partial charge in [0.2, 0.25) is 0 Å². The predicted octanol–water partition coefficient (Wildman–Crippen LogP) is 6.71. The van der Waals surface area contributed by atoms with Crippen molar-refractivity contribution in [2.75, 3.05) is 30.9 Å². The van der Waals surface area contributed by atoms with E-state index in [0.717, 1.165) is 12.0 Å². The van der Waals surface area contributed by atoms with Crippen LogP contribution in [0.5, 0.6) is 0 Å². The van der Waals surface area contributed by atoms with Crippen molar-refractivity contribution in [3.05, 3.63) is 15.8 Å². The second-order valence-electron chi connectivity index (χ2n) is 8.24. The van der Waals surface area contributed by atoms with E-state index in [1.165, 1.54) is 75.5 Å². The maximum absolute atomic E-state index is 13.6. The van der Waals surface area contributed by atoms with Crippen molar-refractivity contribution in [3.63, 3.8) is 0 Å². The summed E-state index contributed by atoms with van der Waals surface area (Å²) in [5, 5.41) is 5.08. The molecule has 168 valence electrons. The molecule has 0 aliphatic heterocycles. The van der Waals surface area contributed by atoms with Crippen molar-refractivity contribution >= 4 is 36.2 Å². The molecular weight excluding hydrogens is 401 g/mol. The van der Waals surface area contributed by atoms with Crippen LogP contribution in [-0.2, 0) is 9.53 Å². The monoisotopic (exact) mass is 443 g/mol. The van der Waals surface area contributed by atoms with Gasteiger partial charge < -0.3 is 0 Å². The second kappa shape index (κ2) is 13.4. The summed E-state index contributed by atoms with van der Waals surface area (Å²) in [7, 11) is -0.395. The van der Waals surface area contributed by atoms with Gasteiger partial charge in [0.25, 0.3) is 0 Å². The molecule has 0 fully saturated rings. The van der Waals surface area contributed by atoms with Gasteiger partial charge in [0.05, 0.1) is 0 Å². The van der Waals surface area contributed by atoms with E-state index in [1.807, 2.05) is 12.3 Å². The van der Waals surface area contributed by atoms with Crippen LogP contribution in [0.2, 0.25) is 0 Å². The van der Waals surface area contributed by atoms with E-state index in [2.05, 4.69) is 33.0 Å². The molecule has 1 heterocycles. The van der Waals surface area contributed by atoms with Gasteiger partial charge in [-0.2, -0.15) is 0 Å². The maximum atomic E-state index is 13.6. The van der Waals surface area contributed by atoms with Crippen molar-refractivity contribution in [1.29, 1.82) is 0 Å². The number of nitrogens with one attached hydrogen (secondary N) is 1. The van der Waals surface area contributed by atoms with Gasteiger partial charge in [-0.1, -0.05) is 0 Å². The van der Waals surface area contributed by atoms with Crippen molar-refractivity contribution < 1.29 is 14.3 Å². The van der Waals surface area contributed by atoms with E-state index in [1.54, 1.807) is 0 Å². The number of carbonyl (C=O) groups is 2. The number of carbonyl (C=O) groups excluding carboxylic acids is 2. The molecule has 0 saturated carbocycles. The number of hydrogen-bond acceptors (Lipinski definition) is 4. The summed E-state index contributed by atoms with van der Waals surface area (Å²) in [6, 6.07) is 0. The van der Waals surface area contributed by atoms with Gasteiger partial charge in [0, 0.05) is 0 Å². The number of unbranched alkanes of at least 4 members (excludes halogenated alkanes) is 3. The Balaban J connectivity index is 3.22. The number of rotatable bonds is 14. The van der Waals surface area contributed by atoms with Gasteiger partial charge in [0.15, 0.2) is 0 Å². The molecule has 1 aromatic heterocycles. The van der Waals surface area contributed by atoms with E-state index < -0.39 is 7.26 Å². The summed E-state index contributed by atoms with van der Waals surface area (Å²) < 4.78 is 4.91. The van der Waals surface area contributed by atoms with E-state index in [4.69, 9.17) is 4.74 Å². The number of ether oxygens (including phenoxy) is 1. The topological polar surface area (TPSA) is 55.4 Å². The van der Waals surface area contributed by atoms with Gasteiger partial charge in [-0.05, 0) is 0 Å². The van der Waals surface area contributed by atoms with Crippen LogP contribution in [0, 0.1) is 6.92 Å². The second-order valence-corrected chi connectivity index (χ2v) is 14.0. The average Bonchev–Trinajstić information content (AvgIpc) is 3.08. The molecule has 0 spiro atoms. The fourth-order valence-electron chi connectivity index (χ4n) is 4.43. The number of anilines is 1. The molecular formula is C23H42NO3PS. The zero-order valence-electron chi connectivity index (χ0n) is 19.4. The van der Waals surface area contributed by atoms with E-state index >= 15 is 0 Å². The number of thiophene rings is 1. The van der Waals surface area contributed by atoms with Gasteiger partial charge in [0.1, 0.15) is 0 Å². The standard InChI is InChI=1S/C23H42NO3PS/c1-7-11-14-28(15-12-8-2,16-13-9-3)19(10-4)22(25)24-20-18(5)17-29-21(20)23(26)27-6/h17,19,28H,7-16H2,1-6H3,(H,24,25). The van der Waals surface area contributed by atoms with Crippen LogP contribution in [0.4, 0.5) is 5.69 Å². The summed E-state index contributed by atoms with van der Waals surface area (Å²) in [6.45, 7) is 10.8. The third-order valence-corrected chi connectivity index (χ3v) is 13.4. The third-order valence-electron chi connectivity index (χ3n) is 6.14. The van der Waals surface area contributed by atoms with Gasteiger partial charge in [-0.3, -0.25) is 0 Å². The molecule has 4 nitrogen and oxygen atoms in total. The molecule has 29 heavy (non-hydrogen) atoms. The molecule has 0 aliphatic rings. The average molecular weight is 444 g/mol. The van der Waals surface area contributed by atoms with Crippen LogP contribution in [0.1, 0.15) is 87.9 Å². The SMILES string of the molecule is CCCC[PH](CCCC)(CCCC)C(CC)C(=O)Nc1c(C)csc1C(=O)OC. The molecule has 6 heteroatoms. The van der Waals surface area contributed by atoms with Crippen LogP contribution in [-0.4, -0.2) is 43.1 Å². The number of methoxy groups -OCH3 is 1. The molecule has 1 unspecified atom stereocenters. The Kier molecular flexibility index (Phi) is 12.1. The van der Waals surface area contributed by atoms with Crippen LogP contribution in [0.25, 0.3) is 0 Å². The van der Waals surface area contributed by atoms with Crippen LogP contribution >= 0.6 is 18.6 Å². The summed E-state index contributed by atoms with van der Waals surface area (Å²) in [6.07, 6.45) is 11.8. The van der Waals surface area contributed by atoms with Crippen LogP contribution < -0.4 is 5.32 Å². The van der Waals surface area contributed by atoms with E-state index in [0.29, 0.717) is 10.6 Å². The number of amides is 1. The molecule has 0 bridgehead atoms. The molecule has 0 saturated heterocycles. The van der Waals surface area contributed by atoms with E-state index in [9.17, 15) is 9.59 Å². The zero-order chi connectivity index (χ0) is 21.9. The number of esters is 1. The van der Waals surface area contributed by atoms with Crippen molar-refractivity contribution in [2.45, 2.75) is 85.2 Å². The van der Waals surface area contributed by atoms with Gasteiger partial charge in [-0.25, -0.2) is 0 Å². The Morgan fingerprint density at radius 1 is 1.03 bits per heavy atom. The summed E-state index contributed by atoms with van der Waals surface area (Å²) in [5.74, 6) is -0.257. The fourth-order valence-corrected chi connectivity index (χ4v) is 11.8. The molecule has 1 atom stereocenters. The minimum absolute atomic E-state index is 0.0944. The normalized spacial score (nSPS) is 13.2. The zero-order valence-corrected chi connectivity index (χ0v) is 21.2. The minimum atomic E-state index is -1.78. The summed E-state index contributed by atoms with van der Waals surface area (Å²) in [4.78, 5) is 26.2. The summed E-state index contributed by atoms with van der Waals surface area (Å²) >= 11 is 1.34.